The van der Waals surface area contributed by atoms with Crippen molar-refractivity contribution in [2.75, 3.05) is 17.2 Å². The molecule has 1 aliphatic heterocycles. The molecule has 1 aromatic carbocycles. The maximum atomic E-state index is 11.7. The standard InChI is InChI=1S/C12H15ClN2O/c1-7-4-11(8(2)3-10(7)14)15-6-9(13)5-12(15)16/h3-4,9H,5-6,14H2,1-2H3. The summed E-state index contributed by atoms with van der Waals surface area (Å²) >= 11 is 5.99. The maximum Gasteiger partial charge on any atom is 0.228 e. The van der Waals surface area contributed by atoms with Crippen molar-refractivity contribution >= 4 is 28.9 Å². The molecule has 1 saturated heterocycles. The van der Waals surface area contributed by atoms with Crippen LogP contribution in [0.5, 0.6) is 0 Å². The van der Waals surface area contributed by atoms with Crippen molar-refractivity contribution in [3.8, 4) is 0 Å². The van der Waals surface area contributed by atoms with E-state index in [4.69, 9.17) is 17.3 Å². The summed E-state index contributed by atoms with van der Waals surface area (Å²) in [6.07, 6.45) is 0.421. The van der Waals surface area contributed by atoms with E-state index in [-0.39, 0.29) is 11.3 Å². The Labute approximate surface area is 100 Å². The van der Waals surface area contributed by atoms with Gasteiger partial charge in [-0.25, -0.2) is 0 Å². The number of rotatable bonds is 1. The molecule has 0 aromatic heterocycles. The molecule has 0 bridgehead atoms. The highest BCUT2D eigenvalue weighted by Gasteiger charge is 2.30. The summed E-state index contributed by atoms with van der Waals surface area (Å²) < 4.78 is 0. The lowest BCUT2D eigenvalue weighted by molar-refractivity contribution is -0.117. The summed E-state index contributed by atoms with van der Waals surface area (Å²) in [6, 6.07) is 3.86. The minimum atomic E-state index is -0.0789. The number of benzene rings is 1. The first-order valence-electron chi connectivity index (χ1n) is 5.30. The van der Waals surface area contributed by atoms with E-state index >= 15 is 0 Å². The van der Waals surface area contributed by atoms with E-state index in [1.807, 2.05) is 26.0 Å². The second-order valence-corrected chi connectivity index (χ2v) is 4.92. The summed E-state index contributed by atoms with van der Waals surface area (Å²) in [5, 5.41) is -0.0789. The number of aryl methyl sites for hydroxylation is 2. The maximum absolute atomic E-state index is 11.7. The van der Waals surface area contributed by atoms with E-state index in [0.717, 1.165) is 22.5 Å². The Morgan fingerprint density at radius 2 is 2.06 bits per heavy atom. The smallest absolute Gasteiger partial charge is 0.228 e. The van der Waals surface area contributed by atoms with Crippen LogP contribution in [0.2, 0.25) is 0 Å². The molecule has 86 valence electrons. The number of alkyl halides is 1. The van der Waals surface area contributed by atoms with Crippen LogP contribution in [-0.2, 0) is 4.79 Å². The monoisotopic (exact) mass is 238 g/mol. The zero-order valence-electron chi connectivity index (χ0n) is 9.46. The average molecular weight is 239 g/mol. The molecule has 0 radical (unpaired) electrons. The fraction of sp³-hybridized carbons (Fsp3) is 0.417. The molecule has 1 aliphatic rings. The molecule has 1 amide bonds. The van der Waals surface area contributed by atoms with E-state index < -0.39 is 0 Å². The minimum absolute atomic E-state index is 0.0789. The Morgan fingerprint density at radius 1 is 1.38 bits per heavy atom. The zero-order valence-corrected chi connectivity index (χ0v) is 10.2. The van der Waals surface area contributed by atoms with Crippen molar-refractivity contribution in [2.24, 2.45) is 0 Å². The number of nitrogens with zero attached hydrogens (tertiary/aromatic N) is 1. The third-order valence-corrected chi connectivity index (χ3v) is 3.25. The van der Waals surface area contributed by atoms with Crippen LogP contribution in [0.15, 0.2) is 12.1 Å². The zero-order chi connectivity index (χ0) is 11.9. The second kappa shape index (κ2) is 3.98. The van der Waals surface area contributed by atoms with Crippen LogP contribution in [0.1, 0.15) is 17.5 Å². The molecule has 16 heavy (non-hydrogen) atoms. The molecule has 3 nitrogen and oxygen atoms in total. The second-order valence-electron chi connectivity index (χ2n) is 4.30. The van der Waals surface area contributed by atoms with E-state index in [0.29, 0.717) is 13.0 Å². The van der Waals surface area contributed by atoms with E-state index in [1.165, 1.54) is 0 Å². The van der Waals surface area contributed by atoms with Gasteiger partial charge in [-0.3, -0.25) is 4.79 Å². The van der Waals surface area contributed by atoms with Crippen molar-refractivity contribution in [3.05, 3.63) is 23.3 Å². The number of halogens is 1. The Kier molecular flexibility index (Phi) is 2.80. The lowest BCUT2D eigenvalue weighted by Gasteiger charge is -2.19. The van der Waals surface area contributed by atoms with Crippen LogP contribution >= 0.6 is 11.6 Å². The summed E-state index contributed by atoms with van der Waals surface area (Å²) in [5.41, 5.74) is 9.52. The number of nitrogen functional groups attached to an aromatic ring is 1. The Morgan fingerprint density at radius 3 is 2.62 bits per heavy atom. The average Bonchev–Trinajstić information content (AvgIpc) is 2.51. The van der Waals surface area contributed by atoms with Crippen LogP contribution in [0.25, 0.3) is 0 Å². The lowest BCUT2D eigenvalue weighted by atomic mass is 10.1. The number of hydrogen-bond donors (Lipinski definition) is 1. The lowest BCUT2D eigenvalue weighted by Crippen LogP contribution is -2.25. The molecule has 0 aliphatic carbocycles. The van der Waals surface area contributed by atoms with Crippen molar-refractivity contribution < 1.29 is 4.79 Å². The molecule has 0 saturated carbocycles. The molecule has 2 N–H and O–H groups in total. The Balaban J connectivity index is 2.41. The third-order valence-electron chi connectivity index (χ3n) is 2.95. The van der Waals surface area contributed by atoms with Crippen LogP contribution in [0.4, 0.5) is 11.4 Å². The summed E-state index contributed by atoms with van der Waals surface area (Å²) in [4.78, 5) is 13.5. The van der Waals surface area contributed by atoms with Gasteiger partial charge in [-0.15, -0.1) is 11.6 Å². The summed E-state index contributed by atoms with van der Waals surface area (Å²) in [7, 11) is 0. The van der Waals surface area contributed by atoms with E-state index in [2.05, 4.69) is 0 Å². The van der Waals surface area contributed by atoms with Gasteiger partial charge in [-0.05, 0) is 37.1 Å². The van der Waals surface area contributed by atoms with Gasteiger partial charge < -0.3 is 10.6 Å². The highest BCUT2D eigenvalue weighted by Crippen LogP contribution is 2.30. The fourth-order valence-electron chi connectivity index (χ4n) is 2.01. The van der Waals surface area contributed by atoms with Crippen LogP contribution in [-0.4, -0.2) is 17.8 Å². The molecule has 1 fully saturated rings. The van der Waals surface area contributed by atoms with Crippen LogP contribution < -0.4 is 10.6 Å². The quantitative estimate of drug-likeness (QED) is 0.603. The fourth-order valence-corrected chi connectivity index (χ4v) is 2.28. The van der Waals surface area contributed by atoms with Gasteiger partial charge in [-0.1, -0.05) is 0 Å². The summed E-state index contributed by atoms with van der Waals surface area (Å²) in [5.74, 6) is 0.0901. The number of anilines is 2. The molecule has 1 atom stereocenters. The largest absolute Gasteiger partial charge is 0.399 e. The van der Waals surface area contributed by atoms with Gasteiger partial charge in [0.15, 0.2) is 0 Å². The number of amides is 1. The Bertz CT molecular complexity index is 445. The van der Waals surface area contributed by atoms with E-state index in [1.54, 1.807) is 4.90 Å². The molecule has 4 heteroatoms. The van der Waals surface area contributed by atoms with Crippen molar-refractivity contribution in [1.29, 1.82) is 0 Å². The highest BCUT2D eigenvalue weighted by atomic mass is 35.5. The number of carbonyl (C=O) groups is 1. The number of hydrogen-bond acceptors (Lipinski definition) is 2. The van der Waals surface area contributed by atoms with Crippen molar-refractivity contribution in [1.82, 2.24) is 0 Å². The number of carbonyl (C=O) groups excluding carboxylic acids is 1. The predicted octanol–water partition coefficient (Wildman–Crippen LogP) is 2.23. The number of nitrogens with two attached hydrogens (primary N) is 1. The van der Waals surface area contributed by atoms with Gasteiger partial charge in [0.1, 0.15) is 0 Å². The minimum Gasteiger partial charge on any atom is -0.399 e. The van der Waals surface area contributed by atoms with Gasteiger partial charge >= 0.3 is 0 Å². The van der Waals surface area contributed by atoms with Crippen molar-refractivity contribution in [3.63, 3.8) is 0 Å². The molecular weight excluding hydrogens is 224 g/mol. The molecule has 1 heterocycles. The molecule has 1 unspecified atom stereocenters. The predicted molar refractivity (Wildman–Crippen MR) is 66.9 cm³/mol. The van der Waals surface area contributed by atoms with Gasteiger partial charge in [0, 0.05) is 24.3 Å². The van der Waals surface area contributed by atoms with Crippen molar-refractivity contribution in [2.45, 2.75) is 25.6 Å². The van der Waals surface area contributed by atoms with Crippen LogP contribution in [0.3, 0.4) is 0 Å². The topological polar surface area (TPSA) is 46.3 Å². The molecule has 1 aromatic rings. The van der Waals surface area contributed by atoms with E-state index in [9.17, 15) is 4.79 Å². The highest BCUT2D eigenvalue weighted by molar-refractivity contribution is 6.24. The SMILES string of the molecule is Cc1cc(N2CC(Cl)CC2=O)c(C)cc1N. The van der Waals surface area contributed by atoms with Crippen LogP contribution in [0, 0.1) is 13.8 Å². The summed E-state index contributed by atoms with van der Waals surface area (Å²) in [6.45, 7) is 4.49. The first kappa shape index (κ1) is 11.3. The van der Waals surface area contributed by atoms with Gasteiger partial charge in [0.2, 0.25) is 5.91 Å². The first-order chi connectivity index (χ1) is 7.49. The molecular formula is C12H15ClN2O. The van der Waals surface area contributed by atoms with Gasteiger partial charge in [0.25, 0.3) is 0 Å². The first-order valence-corrected chi connectivity index (χ1v) is 5.74. The molecule has 0 spiro atoms. The Hall–Kier alpha value is -1.22. The third kappa shape index (κ3) is 1.87. The van der Waals surface area contributed by atoms with Gasteiger partial charge in [0.05, 0.1) is 5.38 Å². The molecule has 2 rings (SSSR count). The normalized spacial score (nSPS) is 20.6. The van der Waals surface area contributed by atoms with Gasteiger partial charge in [-0.2, -0.15) is 0 Å².